The zero-order valence-electron chi connectivity index (χ0n) is 9.00. The third kappa shape index (κ3) is 3.27. The molecule has 1 heterocycles. The van der Waals surface area contributed by atoms with Gasteiger partial charge in [0.15, 0.2) is 15.6 Å². The monoisotopic (exact) mass is 244 g/mol. The molecule has 0 saturated carbocycles. The lowest BCUT2D eigenvalue weighted by Crippen LogP contribution is -2.18. The molecule has 88 valence electrons. The van der Waals surface area contributed by atoms with Crippen LogP contribution in [0.2, 0.25) is 0 Å². The molecule has 1 rings (SSSR count). The number of sulfone groups is 1. The summed E-state index contributed by atoms with van der Waals surface area (Å²) in [5, 5.41) is 0. The van der Waals surface area contributed by atoms with Gasteiger partial charge >= 0.3 is 0 Å². The highest BCUT2D eigenvalue weighted by Gasteiger charge is 2.17. The average Bonchev–Trinajstić information content (AvgIpc) is 2.28. The van der Waals surface area contributed by atoms with E-state index in [9.17, 15) is 13.2 Å². The summed E-state index contributed by atoms with van der Waals surface area (Å²) in [5.41, 5.74) is 0.0258. The number of ether oxygens (including phenoxy) is 1. The van der Waals surface area contributed by atoms with Crippen LogP contribution in [0.4, 0.5) is 0 Å². The Kier molecular flexibility index (Phi) is 3.94. The third-order valence-electron chi connectivity index (χ3n) is 1.91. The van der Waals surface area contributed by atoms with Gasteiger partial charge in [-0.1, -0.05) is 6.92 Å². The number of nitrogens with zero attached hydrogens (tertiary/aromatic N) is 2. The molecule has 0 fully saturated rings. The molecule has 0 aliphatic heterocycles. The summed E-state index contributed by atoms with van der Waals surface area (Å²) in [4.78, 5) is 19.0. The smallest absolute Gasteiger partial charge is 0.232 e. The number of ketones is 1. The molecule has 0 saturated heterocycles. The largest absolute Gasteiger partial charge is 0.480 e. The van der Waals surface area contributed by atoms with Gasteiger partial charge < -0.3 is 4.74 Å². The van der Waals surface area contributed by atoms with E-state index in [0.717, 1.165) is 0 Å². The van der Waals surface area contributed by atoms with E-state index in [1.54, 1.807) is 0 Å². The Hall–Kier alpha value is -1.50. The first-order valence-electron chi connectivity index (χ1n) is 4.58. The molecular weight excluding hydrogens is 232 g/mol. The molecule has 0 spiro atoms. The number of rotatable bonds is 5. The van der Waals surface area contributed by atoms with E-state index < -0.39 is 21.4 Å². The Bertz CT molecular complexity index is 467. The van der Waals surface area contributed by atoms with Crippen LogP contribution in [0, 0.1) is 0 Å². The second kappa shape index (κ2) is 5.02. The van der Waals surface area contributed by atoms with E-state index in [2.05, 4.69) is 9.97 Å². The Morgan fingerprint density at radius 2 is 2.06 bits per heavy atom. The van der Waals surface area contributed by atoms with E-state index in [1.807, 2.05) is 0 Å². The predicted octanol–water partition coefficient (Wildman–Crippen LogP) is 0.103. The molecule has 0 bridgehead atoms. The minimum atomic E-state index is -3.33. The van der Waals surface area contributed by atoms with Crippen molar-refractivity contribution < 1.29 is 17.9 Å². The number of carbonyl (C=O) groups excluding carboxylic acids is 1. The maximum Gasteiger partial charge on any atom is 0.232 e. The Labute approximate surface area is 93.6 Å². The molecule has 7 heteroatoms. The second-order valence-corrected chi connectivity index (χ2v) is 5.40. The Morgan fingerprint density at radius 1 is 1.38 bits per heavy atom. The number of aromatic nitrogens is 2. The van der Waals surface area contributed by atoms with Crippen molar-refractivity contribution >= 4 is 15.6 Å². The fourth-order valence-electron chi connectivity index (χ4n) is 0.941. The van der Waals surface area contributed by atoms with Crippen LogP contribution in [0.15, 0.2) is 12.4 Å². The highest BCUT2D eigenvalue weighted by molar-refractivity contribution is 7.92. The average molecular weight is 244 g/mol. The quantitative estimate of drug-likeness (QED) is 0.683. The topological polar surface area (TPSA) is 86.2 Å². The van der Waals surface area contributed by atoms with Gasteiger partial charge in [0.2, 0.25) is 5.88 Å². The van der Waals surface area contributed by atoms with Crippen molar-refractivity contribution in [2.75, 3.05) is 18.6 Å². The first kappa shape index (κ1) is 12.6. The molecule has 16 heavy (non-hydrogen) atoms. The normalized spacial score (nSPS) is 11.1. The summed E-state index contributed by atoms with van der Waals surface area (Å²) in [6.07, 6.45) is 2.47. The highest BCUT2D eigenvalue weighted by Crippen LogP contribution is 2.04. The van der Waals surface area contributed by atoms with E-state index in [4.69, 9.17) is 4.74 Å². The summed E-state index contributed by atoms with van der Waals surface area (Å²) in [5.74, 6) is -0.890. The van der Waals surface area contributed by atoms with E-state index in [-0.39, 0.29) is 17.3 Å². The summed E-state index contributed by atoms with van der Waals surface area (Å²) in [6.45, 7) is 1.49. The lowest BCUT2D eigenvalue weighted by Gasteiger charge is -2.01. The fraction of sp³-hybridized carbons (Fsp3) is 0.444. The minimum absolute atomic E-state index is 0.0258. The number of hydrogen-bond acceptors (Lipinski definition) is 6. The molecule has 0 aliphatic carbocycles. The summed E-state index contributed by atoms with van der Waals surface area (Å²) < 4.78 is 27.2. The molecule has 0 N–H and O–H groups in total. The van der Waals surface area contributed by atoms with E-state index >= 15 is 0 Å². The van der Waals surface area contributed by atoms with Crippen molar-refractivity contribution in [1.29, 1.82) is 0 Å². The first-order valence-corrected chi connectivity index (χ1v) is 6.40. The van der Waals surface area contributed by atoms with Crippen molar-refractivity contribution in [2.24, 2.45) is 0 Å². The van der Waals surface area contributed by atoms with Gasteiger partial charge in [0.1, 0.15) is 11.4 Å². The van der Waals surface area contributed by atoms with Gasteiger partial charge in [0, 0.05) is 5.75 Å². The molecule has 0 aliphatic rings. The van der Waals surface area contributed by atoms with Gasteiger partial charge in [-0.2, -0.15) is 0 Å². The maximum absolute atomic E-state index is 11.5. The first-order chi connectivity index (χ1) is 7.48. The standard InChI is InChI=1S/C9H12N2O4S/c1-3-16(13,14)6-8(12)7-4-11-9(15-2)5-10-7/h4-5H,3,6H2,1-2H3. The van der Waals surface area contributed by atoms with Crippen LogP contribution >= 0.6 is 0 Å². The lowest BCUT2D eigenvalue weighted by atomic mass is 10.3. The molecule has 0 amide bonds. The highest BCUT2D eigenvalue weighted by atomic mass is 32.2. The summed E-state index contributed by atoms with van der Waals surface area (Å²) >= 11 is 0. The second-order valence-electron chi connectivity index (χ2n) is 3.04. The van der Waals surface area contributed by atoms with Crippen LogP contribution in [-0.2, 0) is 9.84 Å². The molecule has 0 radical (unpaired) electrons. The number of carbonyl (C=O) groups is 1. The van der Waals surface area contributed by atoms with Crippen molar-refractivity contribution in [3.8, 4) is 5.88 Å². The number of Topliss-reactive ketones (excluding diaryl/α,β-unsaturated/α-hetero) is 1. The molecular formula is C9H12N2O4S. The van der Waals surface area contributed by atoms with Crippen LogP contribution < -0.4 is 4.74 Å². The molecule has 0 atom stereocenters. The molecule has 6 nitrogen and oxygen atoms in total. The summed E-state index contributed by atoms with van der Waals surface area (Å²) in [7, 11) is -1.91. The third-order valence-corrected chi connectivity index (χ3v) is 3.50. The molecule has 0 aromatic carbocycles. The molecule has 1 aromatic heterocycles. The van der Waals surface area contributed by atoms with Gasteiger partial charge in [-0.05, 0) is 0 Å². The van der Waals surface area contributed by atoms with Crippen LogP contribution in [-0.4, -0.2) is 42.8 Å². The zero-order chi connectivity index (χ0) is 12.2. The van der Waals surface area contributed by atoms with E-state index in [1.165, 1.54) is 26.4 Å². The van der Waals surface area contributed by atoms with Crippen LogP contribution in [0.3, 0.4) is 0 Å². The fourth-order valence-corrected chi connectivity index (χ4v) is 1.69. The number of hydrogen-bond donors (Lipinski definition) is 0. The molecule has 0 unspecified atom stereocenters. The van der Waals surface area contributed by atoms with Crippen molar-refractivity contribution in [3.63, 3.8) is 0 Å². The van der Waals surface area contributed by atoms with Crippen LogP contribution in [0.5, 0.6) is 5.88 Å². The van der Waals surface area contributed by atoms with Crippen LogP contribution in [0.1, 0.15) is 17.4 Å². The summed E-state index contributed by atoms with van der Waals surface area (Å²) in [6, 6.07) is 0. The van der Waals surface area contributed by atoms with Crippen molar-refractivity contribution in [2.45, 2.75) is 6.92 Å². The van der Waals surface area contributed by atoms with Gasteiger partial charge in [-0.3, -0.25) is 4.79 Å². The lowest BCUT2D eigenvalue weighted by molar-refractivity contribution is 0.101. The van der Waals surface area contributed by atoms with Gasteiger partial charge in [0.05, 0.1) is 19.5 Å². The predicted molar refractivity (Wildman–Crippen MR) is 57.2 cm³/mol. The van der Waals surface area contributed by atoms with Gasteiger partial charge in [-0.25, -0.2) is 18.4 Å². The van der Waals surface area contributed by atoms with Gasteiger partial charge in [-0.15, -0.1) is 0 Å². The van der Waals surface area contributed by atoms with E-state index in [0.29, 0.717) is 0 Å². The zero-order valence-corrected chi connectivity index (χ0v) is 9.82. The Morgan fingerprint density at radius 3 is 2.50 bits per heavy atom. The SMILES string of the molecule is CCS(=O)(=O)CC(=O)c1cnc(OC)cn1. The van der Waals surface area contributed by atoms with Crippen molar-refractivity contribution in [3.05, 3.63) is 18.1 Å². The van der Waals surface area contributed by atoms with Gasteiger partial charge in [0.25, 0.3) is 0 Å². The molecule has 1 aromatic rings. The minimum Gasteiger partial charge on any atom is -0.480 e. The van der Waals surface area contributed by atoms with Crippen molar-refractivity contribution in [1.82, 2.24) is 9.97 Å². The Balaban J connectivity index is 2.81. The van der Waals surface area contributed by atoms with Crippen LogP contribution in [0.25, 0.3) is 0 Å². The maximum atomic E-state index is 11.5. The number of methoxy groups -OCH3 is 1.